The molecule has 0 bridgehead atoms. The maximum absolute atomic E-state index is 5.56. The first-order valence-corrected chi connectivity index (χ1v) is 5.61. The fourth-order valence-corrected chi connectivity index (χ4v) is 1.84. The minimum absolute atomic E-state index is 0.698. The molecule has 0 radical (unpaired) electrons. The average molecular weight is 215 g/mol. The number of rotatable bonds is 4. The molecule has 2 aromatic rings. The SMILES string of the molecule is Cc1ccc(Cc2cccc(CCN)c2)o1. The van der Waals surface area contributed by atoms with Crippen molar-refractivity contribution in [3.8, 4) is 0 Å². The largest absolute Gasteiger partial charge is 0.466 e. The Kier molecular flexibility index (Phi) is 3.42. The van der Waals surface area contributed by atoms with Crippen molar-refractivity contribution in [3.63, 3.8) is 0 Å². The highest BCUT2D eigenvalue weighted by atomic mass is 16.3. The lowest BCUT2D eigenvalue weighted by Crippen LogP contribution is -2.02. The van der Waals surface area contributed by atoms with Crippen molar-refractivity contribution in [2.24, 2.45) is 5.73 Å². The highest BCUT2D eigenvalue weighted by Gasteiger charge is 2.01. The van der Waals surface area contributed by atoms with Gasteiger partial charge in [-0.05, 0) is 43.1 Å². The normalized spacial score (nSPS) is 10.6. The van der Waals surface area contributed by atoms with Crippen LogP contribution in [0.4, 0.5) is 0 Å². The standard InChI is InChI=1S/C14H17NO/c1-11-5-6-14(16-11)10-13-4-2-3-12(9-13)7-8-15/h2-6,9H,7-8,10,15H2,1H3. The molecule has 0 aliphatic rings. The van der Waals surface area contributed by atoms with Gasteiger partial charge >= 0.3 is 0 Å². The third-order valence-electron chi connectivity index (χ3n) is 2.60. The van der Waals surface area contributed by atoms with Crippen LogP contribution >= 0.6 is 0 Å². The van der Waals surface area contributed by atoms with Crippen LogP contribution in [0.3, 0.4) is 0 Å². The van der Waals surface area contributed by atoms with E-state index in [1.54, 1.807) is 0 Å². The average Bonchev–Trinajstić information content (AvgIpc) is 2.65. The van der Waals surface area contributed by atoms with Crippen molar-refractivity contribution in [1.29, 1.82) is 0 Å². The van der Waals surface area contributed by atoms with Crippen molar-refractivity contribution in [3.05, 3.63) is 59.0 Å². The molecule has 2 heteroatoms. The zero-order valence-electron chi connectivity index (χ0n) is 9.57. The Bertz CT molecular complexity index is 459. The molecule has 0 saturated heterocycles. The van der Waals surface area contributed by atoms with E-state index in [-0.39, 0.29) is 0 Å². The second-order valence-electron chi connectivity index (χ2n) is 4.05. The van der Waals surface area contributed by atoms with Crippen LogP contribution in [0.5, 0.6) is 0 Å². The maximum Gasteiger partial charge on any atom is 0.108 e. The third kappa shape index (κ3) is 2.74. The van der Waals surface area contributed by atoms with Crippen molar-refractivity contribution in [2.45, 2.75) is 19.8 Å². The third-order valence-corrected chi connectivity index (χ3v) is 2.60. The Hall–Kier alpha value is -1.54. The van der Waals surface area contributed by atoms with E-state index < -0.39 is 0 Å². The monoisotopic (exact) mass is 215 g/mol. The van der Waals surface area contributed by atoms with Gasteiger partial charge in [0.25, 0.3) is 0 Å². The molecule has 1 heterocycles. The van der Waals surface area contributed by atoms with Crippen LogP contribution in [0.2, 0.25) is 0 Å². The summed E-state index contributed by atoms with van der Waals surface area (Å²) in [5.74, 6) is 1.98. The van der Waals surface area contributed by atoms with Crippen LogP contribution in [-0.2, 0) is 12.8 Å². The molecule has 0 saturated carbocycles. The van der Waals surface area contributed by atoms with Crippen LogP contribution < -0.4 is 5.73 Å². The van der Waals surface area contributed by atoms with Gasteiger partial charge in [0.05, 0.1) is 0 Å². The Morgan fingerprint density at radius 1 is 1.12 bits per heavy atom. The zero-order valence-corrected chi connectivity index (χ0v) is 9.57. The highest BCUT2D eigenvalue weighted by Crippen LogP contribution is 2.14. The second-order valence-corrected chi connectivity index (χ2v) is 4.05. The van der Waals surface area contributed by atoms with E-state index in [0.717, 1.165) is 24.4 Å². The van der Waals surface area contributed by atoms with Gasteiger partial charge in [0.15, 0.2) is 0 Å². The summed E-state index contributed by atoms with van der Waals surface area (Å²) < 4.78 is 5.56. The van der Waals surface area contributed by atoms with Crippen molar-refractivity contribution < 1.29 is 4.42 Å². The van der Waals surface area contributed by atoms with Crippen molar-refractivity contribution in [1.82, 2.24) is 0 Å². The minimum Gasteiger partial charge on any atom is -0.466 e. The van der Waals surface area contributed by atoms with E-state index >= 15 is 0 Å². The van der Waals surface area contributed by atoms with Gasteiger partial charge in [-0.1, -0.05) is 24.3 Å². The lowest BCUT2D eigenvalue weighted by molar-refractivity contribution is 0.493. The van der Waals surface area contributed by atoms with Crippen molar-refractivity contribution in [2.75, 3.05) is 6.54 Å². The maximum atomic E-state index is 5.56. The van der Waals surface area contributed by atoms with E-state index in [2.05, 4.69) is 24.3 Å². The number of furan rings is 1. The number of benzene rings is 1. The van der Waals surface area contributed by atoms with Crippen LogP contribution in [0.25, 0.3) is 0 Å². The molecule has 2 nitrogen and oxygen atoms in total. The predicted octanol–water partition coefficient (Wildman–Crippen LogP) is 2.68. The molecule has 0 spiro atoms. The van der Waals surface area contributed by atoms with Crippen LogP contribution in [0, 0.1) is 6.92 Å². The molecule has 2 rings (SSSR count). The highest BCUT2D eigenvalue weighted by molar-refractivity contribution is 5.27. The molecule has 1 aromatic carbocycles. The summed E-state index contributed by atoms with van der Waals surface area (Å²) >= 11 is 0. The fraction of sp³-hybridized carbons (Fsp3) is 0.286. The quantitative estimate of drug-likeness (QED) is 0.851. The molecule has 0 atom stereocenters. The Balaban J connectivity index is 2.12. The van der Waals surface area contributed by atoms with E-state index in [4.69, 9.17) is 10.2 Å². The van der Waals surface area contributed by atoms with E-state index in [1.165, 1.54) is 11.1 Å². The second kappa shape index (κ2) is 4.99. The summed E-state index contributed by atoms with van der Waals surface area (Å²) in [6.45, 7) is 2.66. The molecule has 0 unspecified atom stereocenters. The predicted molar refractivity (Wildman–Crippen MR) is 65.5 cm³/mol. The molecular formula is C14H17NO. The number of hydrogen-bond donors (Lipinski definition) is 1. The first-order valence-electron chi connectivity index (χ1n) is 5.61. The van der Waals surface area contributed by atoms with Crippen LogP contribution in [-0.4, -0.2) is 6.54 Å². The zero-order chi connectivity index (χ0) is 11.4. The molecular weight excluding hydrogens is 198 g/mol. The minimum atomic E-state index is 0.698. The van der Waals surface area contributed by atoms with Crippen molar-refractivity contribution >= 4 is 0 Å². The topological polar surface area (TPSA) is 39.2 Å². The molecule has 0 aliphatic heterocycles. The number of nitrogens with two attached hydrogens (primary N) is 1. The Morgan fingerprint density at radius 3 is 2.62 bits per heavy atom. The molecule has 0 amide bonds. The summed E-state index contributed by atoms with van der Waals surface area (Å²) in [6.07, 6.45) is 1.79. The van der Waals surface area contributed by atoms with E-state index in [0.29, 0.717) is 6.54 Å². The molecule has 0 fully saturated rings. The van der Waals surface area contributed by atoms with Crippen LogP contribution in [0.15, 0.2) is 40.8 Å². The Labute approximate surface area is 96.1 Å². The van der Waals surface area contributed by atoms with Gasteiger partial charge in [-0.2, -0.15) is 0 Å². The van der Waals surface area contributed by atoms with E-state index in [1.807, 2.05) is 19.1 Å². The molecule has 16 heavy (non-hydrogen) atoms. The summed E-state index contributed by atoms with van der Waals surface area (Å²) in [4.78, 5) is 0. The molecule has 1 aromatic heterocycles. The summed E-state index contributed by atoms with van der Waals surface area (Å²) in [6, 6.07) is 12.5. The number of hydrogen-bond acceptors (Lipinski definition) is 2. The summed E-state index contributed by atoms with van der Waals surface area (Å²) in [5, 5.41) is 0. The van der Waals surface area contributed by atoms with Crippen LogP contribution in [0.1, 0.15) is 22.6 Å². The molecule has 84 valence electrons. The van der Waals surface area contributed by atoms with Gasteiger partial charge in [0.2, 0.25) is 0 Å². The fourth-order valence-electron chi connectivity index (χ4n) is 1.84. The van der Waals surface area contributed by atoms with E-state index in [9.17, 15) is 0 Å². The lowest BCUT2D eigenvalue weighted by atomic mass is 10.1. The molecule has 0 aliphatic carbocycles. The summed E-state index contributed by atoms with van der Waals surface area (Å²) in [7, 11) is 0. The smallest absolute Gasteiger partial charge is 0.108 e. The van der Waals surface area contributed by atoms with Gasteiger partial charge in [-0.15, -0.1) is 0 Å². The van der Waals surface area contributed by atoms with Gasteiger partial charge in [-0.25, -0.2) is 0 Å². The van der Waals surface area contributed by atoms with Gasteiger partial charge in [0, 0.05) is 6.42 Å². The molecule has 2 N–H and O–H groups in total. The number of aryl methyl sites for hydroxylation is 1. The lowest BCUT2D eigenvalue weighted by Gasteiger charge is -2.02. The first-order chi connectivity index (χ1) is 7.78. The van der Waals surface area contributed by atoms with Gasteiger partial charge < -0.3 is 10.2 Å². The first kappa shape index (κ1) is 11.0. The van der Waals surface area contributed by atoms with Gasteiger partial charge in [0.1, 0.15) is 11.5 Å². The van der Waals surface area contributed by atoms with Gasteiger partial charge in [-0.3, -0.25) is 0 Å². The summed E-state index contributed by atoms with van der Waals surface area (Å²) in [5.41, 5.74) is 8.12. The Morgan fingerprint density at radius 2 is 1.94 bits per heavy atom.